The van der Waals surface area contributed by atoms with E-state index in [0.29, 0.717) is 40.3 Å². The van der Waals surface area contributed by atoms with Crippen molar-refractivity contribution in [2.24, 2.45) is 0 Å². The van der Waals surface area contributed by atoms with E-state index in [-0.39, 0.29) is 5.89 Å². The number of carbonyl (C=O) groups is 1. The first kappa shape index (κ1) is 18.0. The van der Waals surface area contributed by atoms with E-state index < -0.39 is 11.7 Å². The second-order valence-electron chi connectivity index (χ2n) is 6.40. The lowest BCUT2D eigenvalue weighted by Gasteiger charge is -2.06. The Hall–Kier alpha value is -3.35. The molecular weight excluding hydrogens is 371 g/mol. The summed E-state index contributed by atoms with van der Waals surface area (Å²) in [5.74, 6) is 1.46. The van der Waals surface area contributed by atoms with Gasteiger partial charge in [-0.15, -0.1) is 0 Å². The van der Waals surface area contributed by atoms with Crippen LogP contribution in [0.15, 0.2) is 57.4 Å². The van der Waals surface area contributed by atoms with Crippen molar-refractivity contribution in [3.8, 4) is 11.5 Å². The van der Waals surface area contributed by atoms with E-state index in [2.05, 4.69) is 4.98 Å². The summed E-state index contributed by atoms with van der Waals surface area (Å²) >= 11 is 0. The minimum atomic E-state index is -4.39. The minimum Gasteiger partial charge on any atom is -0.461 e. The molecule has 0 unspecified atom stereocenters. The molecule has 2 heterocycles. The van der Waals surface area contributed by atoms with Gasteiger partial charge in [0.1, 0.15) is 23.4 Å². The summed E-state index contributed by atoms with van der Waals surface area (Å²) in [6.45, 7) is 1.74. The Bertz CT molecular complexity index is 1150. The van der Waals surface area contributed by atoms with E-state index in [4.69, 9.17) is 8.83 Å². The first-order valence-corrected chi connectivity index (χ1v) is 8.45. The number of aldehydes is 1. The summed E-state index contributed by atoms with van der Waals surface area (Å²) in [5.41, 5.74) is 1.58. The fourth-order valence-corrected chi connectivity index (χ4v) is 2.96. The van der Waals surface area contributed by atoms with Crippen molar-refractivity contribution in [1.29, 1.82) is 0 Å². The Morgan fingerprint density at radius 1 is 1.04 bits per heavy atom. The Morgan fingerprint density at radius 3 is 2.46 bits per heavy atom. The van der Waals surface area contributed by atoms with Crippen molar-refractivity contribution in [2.45, 2.75) is 19.5 Å². The highest BCUT2D eigenvalue weighted by molar-refractivity contribution is 5.86. The summed E-state index contributed by atoms with van der Waals surface area (Å²) in [5, 5.41) is 0.809. The van der Waals surface area contributed by atoms with Gasteiger partial charge in [0.05, 0.1) is 17.7 Å². The van der Waals surface area contributed by atoms with Crippen LogP contribution >= 0.6 is 0 Å². The molecule has 4 nitrogen and oxygen atoms in total. The van der Waals surface area contributed by atoms with Crippen LogP contribution in [-0.4, -0.2) is 11.3 Å². The molecule has 4 rings (SSSR count). The van der Waals surface area contributed by atoms with Gasteiger partial charge in [-0.25, -0.2) is 4.98 Å². The molecule has 0 bridgehead atoms. The van der Waals surface area contributed by atoms with Crippen molar-refractivity contribution in [3.63, 3.8) is 0 Å². The van der Waals surface area contributed by atoms with Crippen LogP contribution in [-0.2, 0) is 12.6 Å². The van der Waals surface area contributed by atoms with Gasteiger partial charge in [-0.3, -0.25) is 4.79 Å². The van der Waals surface area contributed by atoms with Crippen molar-refractivity contribution < 1.29 is 26.8 Å². The van der Waals surface area contributed by atoms with Gasteiger partial charge in [0.25, 0.3) is 0 Å². The number of furan rings is 1. The lowest BCUT2D eigenvalue weighted by atomic mass is 10.1. The largest absolute Gasteiger partial charge is 0.461 e. The maximum Gasteiger partial charge on any atom is 0.416 e. The van der Waals surface area contributed by atoms with Gasteiger partial charge in [0.15, 0.2) is 0 Å². The zero-order chi connectivity index (χ0) is 19.9. The molecule has 0 aliphatic carbocycles. The van der Waals surface area contributed by atoms with Crippen LogP contribution in [0.25, 0.3) is 22.4 Å². The van der Waals surface area contributed by atoms with Gasteiger partial charge >= 0.3 is 6.18 Å². The highest BCUT2D eigenvalue weighted by atomic mass is 19.4. The normalized spacial score (nSPS) is 11.9. The molecule has 0 spiro atoms. The van der Waals surface area contributed by atoms with E-state index in [1.807, 2.05) is 6.07 Å². The number of aryl methyl sites for hydroxylation is 1. The number of hydrogen-bond donors (Lipinski definition) is 0. The second-order valence-corrected chi connectivity index (χ2v) is 6.40. The average molecular weight is 385 g/mol. The lowest BCUT2D eigenvalue weighted by molar-refractivity contribution is -0.137. The number of benzene rings is 2. The smallest absolute Gasteiger partial charge is 0.416 e. The van der Waals surface area contributed by atoms with Gasteiger partial charge < -0.3 is 8.83 Å². The highest BCUT2D eigenvalue weighted by Crippen LogP contribution is 2.31. The fraction of sp³-hybridized carbons (Fsp3) is 0.143. The van der Waals surface area contributed by atoms with Gasteiger partial charge in [0, 0.05) is 16.5 Å². The predicted octanol–water partition coefficient (Wildman–Crippen LogP) is 5.82. The van der Waals surface area contributed by atoms with Crippen LogP contribution in [0, 0.1) is 6.92 Å². The van der Waals surface area contributed by atoms with E-state index in [0.717, 1.165) is 23.8 Å². The Balaban J connectivity index is 1.60. The molecular formula is C21H14F3NO3. The third kappa shape index (κ3) is 3.43. The van der Waals surface area contributed by atoms with Crippen LogP contribution < -0.4 is 0 Å². The average Bonchev–Trinajstić information content (AvgIpc) is 3.23. The summed E-state index contributed by atoms with van der Waals surface area (Å²) in [7, 11) is 0. The number of oxazole rings is 1. The molecule has 142 valence electrons. The van der Waals surface area contributed by atoms with Crippen LogP contribution in [0.4, 0.5) is 13.2 Å². The number of aromatic nitrogens is 1. The van der Waals surface area contributed by atoms with E-state index in [1.54, 1.807) is 25.1 Å². The first-order valence-electron chi connectivity index (χ1n) is 8.45. The Kier molecular flexibility index (Phi) is 4.30. The number of alkyl halides is 3. The Labute approximate surface area is 157 Å². The summed E-state index contributed by atoms with van der Waals surface area (Å²) in [6.07, 6.45) is -3.26. The van der Waals surface area contributed by atoms with Crippen molar-refractivity contribution in [3.05, 3.63) is 76.9 Å². The van der Waals surface area contributed by atoms with Crippen molar-refractivity contribution >= 4 is 17.3 Å². The van der Waals surface area contributed by atoms with Crippen LogP contribution in [0.5, 0.6) is 0 Å². The highest BCUT2D eigenvalue weighted by Gasteiger charge is 2.30. The molecule has 0 N–H and O–H groups in total. The molecule has 2 aromatic heterocycles. The fourth-order valence-electron chi connectivity index (χ4n) is 2.96. The molecule has 0 radical (unpaired) electrons. The molecule has 7 heteroatoms. The monoisotopic (exact) mass is 385 g/mol. The molecule has 0 aliphatic rings. The number of halogens is 3. The third-order valence-electron chi connectivity index (χ3n) is 4.42. The SMILES string of the molecule is Cc1oc(-c2ccc(C(F)(F)F)cc2)nc1Cc1cc2cc(C=O)ccc2o1. The van der Waals surface area contributed by atoms with Crippen molar-refractivity contribution in [1.82, 2.24) is 4.98 Å². The lowest BCUT2D eigenvalue weighted by Crippen LogP contribution is -2.03. The van der Waals surface area contributed by atoms with Crippen LogP contribution in [0.2, 0.25) is 0 Å². The van der Waals surface area contributed by atoms with Crippen molar-refractivity contribution in [2.75, 3.05) is 0 Å². The maximum atomic E-state index is 12.7. The molecule has 28 heavy (non-hydrogen) atoms. The topological polar surface area (TPSA) is 56.2 Å². The zero-order valence-corrected chi connectivity index (χ0v) is 14.7. The standard InChI is InChI=1S/C21H14F3NO3/c1-12-18(10-17-9-15-8-13(11-26)2-7-19(15)28-17)25-20(27-12)14-3-5-16(6-4-14)21(22,23)24/h2-9,11H,10H2,1H3. The molecule has 2 aromatic carbocycles. The van der Waals surface area contributed by atoms with Crippen LogP contribution in [0.3, 0.4) is 0 Å². The number of hydrogen-bond acceptors (Lipinski definition) is 4. The molecule has 0 aliphatic heterocycles. The van der Waals surface area contributed by atoms with Gasteiger partial charge in [-0.1, -0.05) is 0 Å². The van der Waals surface area contributed by atoms with E-state index >= 15 is 0 Å². The minimum absolute atomic E-state index is 0.251. The number of carbonyl (C=O) groups excluding carboxylic acids is 1. The first-order chi connectivity index (χ1) is 13.3. The molecule has 0 atom stereocenters. The van der Waals surface area contributed by atoms with E-state index in [9.17, 15) is 18.0 Å². The molecule has 0 saturated carbocycles. The van der Waals surface area contributed by atoms with Crippen LogP contribution in [0.1, 0.15) is 33.1 Å². The number of nitrogens with zero attached hydrogens (tertiary/aromatic N) is 1. The summed E-state index contributed by atoms with van der Waals surface area (Å²) in [4.78, 5) is 15.3. The summed E-state index contributed by atoms with van der Waals surface area (Å²) in [6, 6.07) is 11.6. The van der Waals surface area contributed by atoms with E-state index in [1.165, 1.54) is 12.1 Å². The zero-order valence-electron chi connectivity index (χ0n) is 14.7. The quantitative estimate of drug-likeness (QED) is 0.416. The molecule has 0 saturated heterocycles. The van der Waals surface area contributed by atoms with Gasteiger partial charge in [-0.05, 0) is 55.5 Å². The second kappa shape index (κ2) is 6.67. The Morgan fingerprint density at radius 2 is 1.79 bits per heavy atom. The third-order valence-corrected chi connectivity index (χ3v) is 4.42. The molecule has 4 aromatic rings. The number of rotatable bonds is 4. The maximum absolute atomic E-state index is 12.7. The predicted molar refractivity (Wildman–Crippen MR) is 96.1 cm³/mol. The molecule has 0 amide bonds. The number of fused-ring (bicyclic) bond motifs is 1. The van der Waals surface area contributed by atoms with Gasteiger partial charge in [0.2, 0.25) is 5.89 Å². The molecule has 0 fully saturated rings. The summed E-state index contributed by atoms with van der Waals surface area (Å²) < 4.78 is 49.5. The van der Waals surface area contributed by atoms with Gasteiger partial charge in [-0.2, -0.15) is 13.2 Å².